The normalized spacial score (nSPS) is 15.7. The van der Waals surface area contributed by atoms with Crippen LogP contribution < -0.4 is 11.1 Å². The Morgan fingerprint density at radius 3 is 2.90 bits per heavy atom. The summed E-state index contributed by atoms with van der Waals surface area (Å²) in [5, 5.41) is 14.6. The fraction of sp³-hybridized carbons (Fsp3) is 0.185. The van der Waals surface area contributed by atoms with E-state index >= 15 is 0 Å². The number of tetrazole rings is 1. The maximum atomic E-state index is 13.8. The maximum Gasteiger partial charge on any atom is 0.244 e. The van der Waals surface area contributed by atoms with E-state index in [0.29, 0.717) is 58.3 Å². The molecule has 4 aromatic rings. The molecule has 1 aliphatic rings. The molecule has 39 heavy (non-hydrogen) atoms. The molecule has 4 N–H and O–H groups in total. The molecule has 0 bridgehead atoms. The van der Waals surface area contributed by atoms with Crippen molar-refractivity contribution in [2.75, 3.05) is 5.73 Å². The van der Waals surface area contributed by atoms with Crippen LogP contribution in [0.25, 0.3) is 23.0 Å². The van der Waals surface area contributed by atoms with Crippen LogP contribution in [0.3, 0.4) is 0 Å². The minimum absolute atomic E-state index is 0.0930. The van der Waals surface area contributed by atoms with Gasteiger partial charge in [0.15, 0.2) is 0 Å². The highest BCUT2D eigenvalue weighted by Gasteiger charge is 2.32. The number of benzene rings is 2. The standard InChI is InChI=1S/C27H24ClFN8O2/c28-18-6-9-24(37-15-32-35-36-37)16(11-18)5-10-26(39)33-22(4-2-1-3-17-12-25(17)38)27-31-14-23(34-27)20-13-19(29)7-8-21(20)30/h1-2,5-11,13-15,17,22H,3-4,12,30H2,(H,31,34)(H,33,39)/b2-1+,10-5+/t17?,22-/m0/s1. The quantitative estimate of drug-likeness (QED) is 0.153. The maximum absolute atomic E-state index is 13.8. The summed E-state index contributed by atoms with van der Waals surface area (Å²) in [6.07, 6.45) is 11.5. The van der Waals surface area contributed by atoms with Crippen molar-refractivity contribution in [2.45, 2.75) is 25.3 Å². The van der Waals surface area contributed by atoms with Gasteiger partial charge in [0.2, 0.25) is 5.91 Å². The fourth-order valence-corrected chi connectivity index (χ4v) is 4.25. The number of rotatable bonds is 10. The van der Waals surface area contributed by atoms with Crippen LogP contribution in [0.2, 0.25) is 5.02 Å². The molecule has 2 aromatic carbocycles. The predicted octanol–water partition coefficient (Wildman–Crippen LogP) is 4.22. The number of ketones is 1. The van der Waals surface area contributed by atoms with E-state index in [4.69, 9.17) is 17.3 Å². The Morgan fingerprint density at radius 2 is 2.13 bits per heavy atom. The Hall–Kier alpha value is -4.64. The zero-order chi connectivity index (χ0) is 27.4. The number of aromatic amines is 1. The average molecular weight is 547 g/mol. The van der Waals surface area contributed by atoms with Crippen molar-refractivity contribution < 1.29 is 14.0 Å². The number of carbonyl (C=O) groups excluding carboxylic acids is 2. The topological polar surface area (TPSA) is 144 Å². The van der Waals surface area contributed by atoms with Gasteiger partial charge in [-0.1, -0.05) is 23.8 Å². The molecule has 1 saturated carbocycles. The van der Waals surface area contributed by atoms with Crippen molar-refractivity contribution in [3.05, 3.63) is 89.4 Å². The number of nitrogens with one attached hydrogen (secondary N) is 2. The first-order valence-electron chi connectivity index (χ1n) is 12.2. The van der Waals surface area contributed by atoms with Gasteiger partial charge in [-0.25, -0.2) is 9.37 Å². The number of hydrogen-bond acceptors (Lipinski definition) is 7. The number of Topliss-reactive ketones (excluding diaryl/α,β-unsaturated/α-hetero) is 1. The second kappa shape index (κ2) is 11.4. The van der Waals surface area contributed by atoms with Crippen molar-refractivity contribution in [1.82, 2.24) is 35.5 Å². The van der Waals surface area contributed by atoms with Crippen molar-refractivity contribution in [3.63, 3.8) is 0 Å². The minimum Gasteiger partial charge on any atom is -0.398 e. The zero-order valence-electron chi connectivity index (χ0n) is 20.6. The van der Waals surface area contributed by atoms with E-state index in [1.54, 1.807) is 30.5 Å². The molecule has 1 aliphatic carbocycles. The molecule has 1 unspecified atom stereocenters. The van der Waals surface area contributed by atoms with Crippen LogP contribution in [0.15, 0.2) is 67.2 Å². The summed E-state index contributed by atoms with van der Waals surface area (Å²) in [4.78, 5) is 31.9. The number of imidazole rings is 1. The summed E-state index contributed by atoms with van der Waals surface area (Å²) in [7, 11) is 0. The third-order valence-corrected chi connectivity index (χ3v) is 6.48. The summed E-state index contributed by atoms with van der Waals surface area (Å²) in [5.41, 5.74) is 8.69. The van der Waals surface area contributed by atoms with E-state index in [9.17, 15) is 14.0 Å². The van der Waals surface area contributed by atoms with E-state index < -0.39 is 11.9 Å². The Morgan fingerprint density at radius 1 is 1.28 bits per heavy atom. The molecule has 2 aromatic heterocycles. The van der Waals surface area contributed by atoms with E-state index in [1.807, 2.05) is 12.2 Å². The molecule has 1 fully saturated rings. The third kappa shape index (κ3) is 6.44. The molecule has 2 heterocycles. The first kappa shape index (κ1) is 26.0. The lowest BCUT2D eigenvalue weighted by molar-refractivity contribution is -0.117. The van der Waals surface area contributed by atoms with Gasteiger partial charge < -0.3 is 16.0 Å². The number of anilines is 1. The summed E-state index contributed by atoms with van der Waals surface area (Å²) < 4.78 is 15.3. The largest absolute Gasteiger partial charge is 0.398 e. The predicted molar refractivity (Wildman–Crippen MR) is 144 cm³/mol. The number of H-pyrrole nitrogens is 1. The Balaban J connectivity index is 1.35. The number of allylic oxidation sites excluding steroid dienone is 1. The number of halogens is 2. The van der Waals surface area contributed by atoms with Gasteiger partial charge in [-0.2, -0.15) is 4.68 Å². The van der Waals surface area contributed by atoms with Crippen molar-refractivity contribution in [3.8, 4) is 16.9 Å². The molecule has 0 radical (unpaired) electrons. The van der Waals surface area contributed by atoms with Crippen LogP contribution in [0, 0.1) is 11.7 Å². The van der Waals surface area contributed by atoms with E-state index in [0.717, 1.165) is 0 Å². The van der Waals surface area contributed by atoms with Crippen LogP contribution in [0.5, 0.6) is 0 Å². The zero-order valence-corrected chi connectivity index (χ0v) is 21.3. The summed E-state index contributed by atoms with van der Waals surface area (Å²) >= 11 is 6.17. The van der Waals surface area contributed by atoms with Gasteiger partial charge in [0, 0.05) is 40.3 Å². The highest BCUT2D eigenvalue weighted by molar-refractivity contribution is 6.30. The van der Waals surface area contributed by atoms with Crippen molar-refractivity contribution in [2.24, 2.45) is 5.92 Å². The van der Waals surface area contributed by atoms with Crippen molar-refractivity contribution >= 4 is 35.1 Å². The number of nitrogens with zero attached hydrogens (tertiary/aromatic N) is 5. The number of hydrogen-bond donors (Lipinski definition) is 3. The lowest BCUT2D eigenvalue weighted by Gasteiger charge is -2.14. The van der Waals surface area contributed by atoms with Crippen LogP contribution in [0.4, 0.5) is 10.1 Å². The Bertz CT molecular complexity index is 1560. The average Bonchev–Trinajstić information content (AvgIpc) is 3.32. The molecule has 5 rings (SSSR count). The summed E-state index contributed by atoms with van der Waals surface area (Å²) in [5.74, 6) is 0.0248. The SMILES string of the molecule is Nc1ccc(F)cc1-c1cnc([C@H](C/C=C/CC2CC2=O)NC(=O)/C=C/c2cc(Cl)ccc2-n2cnnn2)[nH]1. The van der Waals surface area contributed by atoms with Gasteiger partial charge in [-0.05, 0) is 65.7 Å². The molecule has 10 nitrogen and oxygen atoms in total. The van der Waals surface area contributed by atoms with Gasteiger partial charge in [0.25, 0.3) is 0 Å². The third-order valence-electron chi connectivity index (χ3n) is 6.25. The van der Waals surface area contributed by atoms with Crippen molar-refractivity contribution in [1.29, 1.82) is 0 Å². The first-order chi connectivity index (χ1) is 18.9. The summed E-state index contributed by atoms with van der Waals surface area (Å²) in [6, 6.07) is 8.70. The summed E-state index contributed by atoms with van der Waals surface area (Å²) in [6.45, 7) is 0. The smallest absolute Gasteiger partial charge is 0.244 e. The molecular weight excluding hydrogens is 523 g/mol. The number of nitrogen functional groups attached to an aromatic ring is 1. The Labute approximate surface area is 227 Å². The number of amides is 1. The minimum atomic E-state index is -0.532. The second-order valence-corrected chi connectivity index (χ2v) is 9.51. The number of nitrogens with two attached hydrogens (primary N) is 1. The van der Waals surface area contributed by atoms with Gasteiger partial charge >= 0.3 is 0 Å². The molecule has 12 heteroatoms. The lowest BCUT2D eigenvalue weighted by Crippen LogP contribution is -2.27. The van der Waals surface area contributed by atoms with E-state index in [-0.39, 0.29) is 17.6 Å². The second-order valence-electron chi connectivity index (χ2n) is 9.08. The van der Waals surface area contributed by atoms with Gasteiger partial charge in [-0.15, -0.1) is 5.10 Å². The van der Waals surface area contributed by atoms with E-state index in [2.05, 4.69) is 30.8 Å². The van der Waals surface area contributed by atoms with Crippen LogP contribution in [-0.4, -0.2) is 41.9 Å². The molecular formula is C27H24ClFN8O2. The Kier molecular flexibility index (Phi) is 7.60. The number of carbonyl (C=O) groups is 2. The monoisotopic (exact) mass is 546 g/mol. The van der Waals surface area contributed by atoms with Gasteiger partial charge in [0.05, 0.1) is 23.6 Å². The number of aromatic nitrogens is 6. The van der Waals surface area contributed by atoms with Gasteiger partial charge in [-0.3, -0.25) is 9.59 Å². The highest BCUT2D eigenvalue weighted by atomic mass is 35.5. The fourth-order valence-electron chi connectivity index (χ4n) is 4.07. The lowest BCUT2D eigenvalue weighted by atomic mass is 10.1. The molecule has 198 valence electrons. The molecule has 0 spiro atoms. The highest BCUT2D eigenvalue weighted by Crippen LogP contribution is 2.29. The van der Waals surface area contributed by atoms with E-state index in [1.165, 1.54) is 35.3 Å². The van der Waals surface area contributed by atoms with Crippen LogP contribution in [0.1, 0.15) is 36.7 Å². The van der Waals surface area contributed by atoms with Crippen LogP contribution in [-0.2, 0) is 9.59 Å². The molecule has 0 aliphatic heterocycles. The molecule has 0 saturated heterocycles. The first-order valence-corrected chi connectivity index (χ1v) is 12.5. The van der Waals surface area contributed by atoms with Gasteiger partial charge in [0.1, 0.15) is 23.8 Å². The van der Waals surface area contributed by atoms with Crippen LogP contribution >= 0.6 is 11.6 Å². The molecule has 2 atom stereocenters. The molecule has 1 amide bonds.